The van der Waals surface area contributed by atoms with Crippen molar-refractivity contribution in [3.05, 3.63) is 64.2 Å². The van der Waals surface area contributed by atoms with Gasteiger partial charge in [-0.05, 0) is 60.8 Å². The molecule has 0 aromatic heterocycles. The Hall–Kier alpha value is -2.64. The van der Waals surface area contributed by atoms with Crippen LogP contribution in [-0.2, 0) is 0 Å². The first-order valence-electron chi connectivity index (χ1n) is 12.0. The monoisotopic (exact) mass is 466 g/mol. The van der Waals surface area contributed by atoms with Crippen LogP contribution in [0.15, 0.2) is 36.4 Å². The number of carbonyl (C=O) groups excluding carboxylic acids is 2. The molecule has 7 heteroatoms. The van der Waals surface area contributed by atoms with E-state index in [2.05, 4.69) is 33.1 Å². The summed E-state index contributed by atoms with van der Waals surface area (Å²) in [6.45, 7) is 16.0. The Labute approximate surface area is 204 Å². The van der Waals surface area contributed by atoms with Gasteiger partial charge in [0.2, 0.25) is 0 Å². The molecule has 0 aliphatic carbocycles. The predicted octanol–water partition coefficient (Wildman–Crippen LogP) is 4.11. The van der Waals surface area contributed by atoms with Crippen LogP contribution < -0.4 is 10.9 Å². The summed E-state index contributed by atoms with van der Waals surface area (Å²) in [5, 5.41) is 20.6. The topological polar surface area (TPSA) is 89.9 Å². The van der Waals surface area contributed by atoms with Crippen molar-refractivity contribution < 1.29 is 19.6 Å². The SMILES string of the molecule is CCCC(N(NC(=O)c1ccc(B(O)O)cc1C(C)C)C(=O)c1cc(C)cc(C)c1)C(C)(C)C. The van der Waals surface area contributed by atoms with Gasteiger partial charge in [-0.25, -0.2) is 5.01 Å². The number of hydrazine groups is 1. The first-order chi connectivity index (χ1) is 15.8. The number of hydrogen-bond donors (Lipinski definition) is 3. The minimum absolute atomic E-state index is 0.0305. The third-order valence-corrected chi connectivity index (χ3v) is 6.02. The quantitative estimate of drug-likeness (QED) is 0.423. The fourth-order valence-corrected chi connectivity index (χ4v) is 4.33. The molecule has 0 radical (unpaired) electrons. The molecule has 0 spiro atoms. The maximum Gasteiger partial charge on any atom is 0.488 e. The van der Waals surface area contributed by atoms with Gasteiger partial charge in [0, 0.05) is 11.1 Å². The van der Waals surface area contributed by atoms with Gasteiger partial charge in [0.05, 0.1) is 6.04 Å². The molecule has 0 saturated heterocycles. The number of carbonyl (C=O) groups is 2. The smallest absolute Gasteiger partial charge is 0.423 e. The fourth-order valence-electron chi connectivity index (χ4n) is 4.33. The molecule has 3 N–H and O–H groups in total. The highest BCUT2D eigenvalue weighted by Crippen LogP contribution is 2.29. The Morgan fingerprint density at radius 2 is 1.62 bits per heavy atom. The predicted molar refractivity (Wildman–Crippen MR) is 138 cm³/mol. The van der Waals surface area contributed by atoms with Crippen molar-refractivity contribution in [1.82, 2.24) is 10.4 Å². The molecule has 2 aromatic carbocycles. The number of benzene rings is 2. The summed E-state index contributed by atoms with van der Waals surface area (Å²) in [7, 11) is -1.62. The Morgan fingerprint density at radius 3 is 2.09 bits per heavy atom. The number of amides is 2. The normalized spacial score (nSPS) is 12.4. The van der Waals surface area contributed by atoms with Crippen LogP contribution in [0, 0.1) is 19.3 Å². The average Bonchev–Trinajstić information content (AvgIpc) is 2.73. The van der Waals surface area contributed by atoms with E-state index in [1.165, 1.54) is 11.1 Å². The lowest BCUT2D eigenvalue weighted by Gasteiger charge is -2.40. The Kier molecular flexibility index (Phi) is 9.09. The lowest BCUT2D eigenvalue weighted by Crippen LogP contribution is -2.56. The number of rotatable bonds is 7. The molecule has 2 aromatic rings. The minimum atomic E-state index is -1.62. The first-order valence-corrected chi connectivity index (χ1v) is 12.0. The molecule has 6 nitrogen and oxygen atoms in total. The van der Waals surface area contributed by atoms with Crippen LogP contribution in [0.5, 0.6) is 0 Å². The Bertz CT molecular complexity index is 1010. The molecule has 0 heterocycles. The third-order valence-electron chi connectivity index (χ3n) is 6.02. The van der Waals surface area contributed by atoms with Crippen molar-refractivity contribution in [2.45, 2.75) is 80.2 Å². The van der Waals surface area contributed by atoms with Gasteiger partial charge in [0.25, 0.3) is 11.8 Å². The van der Waals surface area contributed by atoms with E-state index in [1.54, 1.807) is 12.1 Å². The molecule has 1 atom stereocenters. The van der Waals surface area contributed by atoms with Gasteiger partial charge in [-0.3, -0.25) is 15.0 Å². The number of hydrogen-bond acceptors (Lipinski definition) is 4. The van der Waals surface area contributed by atoms with Crippen LogP contribution in [0.3, 0.4) is 0 Å². The van der Waals surface area contributed by atoms with Crippen LogP contribution in [0.4, 0.5) is 0 Å². The van der Waals surface area contributed by atoms with E-state index in [0.717, 1.165) is 24.0 Å². The second kappa shape index (κ2) is 11.2. The van der Waals surface area contributed by atoms with Crippen molar-refractivity contribution >= 4 is 24.4 Å². The van der Waals surface area contributed by atoms with E-state index in [1.807, 2.05) is 45.9 Å². The lowest BCUT2D eigenvalue weighted by atomic mass is 9.77. The second-order valence-corrected chi connectivity index (χ2v) is 10.5. The summed E-state index contributed by atoms with van der Waals surface area (Å²) in [6, 6.07) is 10.2. The highest BCUT2D eigenvalue weighted by molar-refractivity contribution is 6.58. The highest BCUT2D eigenvalue weighted by Gasteiger charge is 2.35. The van der Waals surface area contributed by atoms with Crippen molar-refractivity contribution in [1.29, 1.82) is 0 Å². The van der Waals surface area contributed by atoms with Gasteiger partial charge in [-0.2, -0.15) is 0 Å². The number of aryl methyl sites for hydroxylation is 2. The Balaban J connectivity index is 2.55. The standard InChI is InChI=1S/C27H39BN2O4/c1-9-10-24(27(6,7)8)30(26(32)20-14-18(4)13-19(5)15-20)29-25(31)22-12-11-21(28(33)34)16-23(22)17(2)3/h11-17,24,33-34H,9-10H2,1-8H3,(H,29,31). The van der Waals surface area contributed by atoms with Crippen LogP contribution in [-0.4, -0.2) is 40.0 Å². The molecule has 2 amide bonds. The van der Waals surface area contributed by atoms with Crippen LogP contribution in [0.1, 0.15) is 97.7 Å². The van der Waals surface area contributed by atoms with E-state index >= 15 is 0 Å². The molecular formula is C27H39BN2O4. The lowest BCUT2D eigenvalue weighted by molar-refractivity contribution is 0.0270. The van der Waals surface area contributed by atoms with E-state index in [-0.39, 0.29) is 23.3 Å². The summed E-state index contributed by atoms with van der Waals surface area (Å²) in [5.41, 5.74) is 6.56. The van der Waals surface area contributed by atoms with Crippen molar-refractivity contribution in [2.75, 3.05) is 0 Å². The second-order valence-electron chi connectivity index (χ2n) is 10.5. The molecule has 0 aliphatic heterocycles. The maximum atomic E-state index is 13.8. The summed E-state index contributed by atoms with van der Waals surface area (Å²) in [5.74, 6) is -0.676. The molecule has 2 rings (SSSR count). The fraction of sp³-hybridized carbons (Fsp3) is 0.481. The molecule has 34 heavy (non-hydrogen) atoms. The molecule has 0 aliphatic rings. The van der Waals surface area contributed by atoms with Crippen molar-refractivity contribution in [3.8, 4) is 0 Å². The van der Waals surface area contributed by atoms with E-state index in [4.69, 9.17) is 0 Å². The van der Waals surface area contributed by atoms with Gasteiger partial charge in [0.15, 0.2) is 0 Å². The first kappa shape index (κ1) is 27.6. The van der Waals surface area contributed by atoms with Crippen LogP contribution in [0.25, 0.3) is 0 Å². The van der Waals surface area contributed by atoms with E-state index in [0.29, 0.717) is 22.2 Å². The summed E-state index contributed by atoms with van der Waals surface area (Å²) in [6.07, 6.45) is 1.59. The number of nitrogens with zero attached hydrogens (tertiary/aromatic N) is 1. The maximum absolute atomic E-state index is 13.8. The summed E-state index contributed by atoms with van der Waals surface area (Å²) >= 11 is 0. The zero-order valence-corrected chi connectivity index (χ0v) is 21.8. The van der Waals surface area contributed by atoms with Gasteiger partial charge < -0.3 is 10.0 Å². The summed E-state index contributed by atoms with van der Waals surface area (Å²) < 4.78 is 0. The van der Waals surface area contributed by atoms with Gasteiger partial charge in [-0.15, -0.1) is 0 Å². The molecular weight excluding hydrogens is 427 g/mol. The Morgan fingerprint density at radius 1 is 1.03 bits per heavy atom. The summed E-state index contributed by atoms with van der Waals surface area (Å²) in [4.78, 5) is 27.3. The minimum Gasteiger partial charge on any atom is -0.423 e. The van der Waals surface area contributed by atoms with Crippen LogP contribution >= 0.6 is 0 Å². The number of nitrogens with one attached hydrogen (secondary N) is 1. The third kappa shape index (κ3) is 6.70. The van der Waals surface area contributed by atoms with Gasteiger partial charge in [0.1, 0.15) is 0 Å². The molecule has 0 bridgehead atoms. The molecule has 0 fully saturated rings. The zero-order valence-electron chi connectivity index (χ0n) is 21.8. The van der Waals surface area contributed by atoms with Gasteiger partial charge >= 0.3 is 7.12 Å². The van der Waals surface area contributed by atoms with Crippen LogP contribution in [0.2, 0.25) is 0 Å². The average molecular weight is 466 g/mol. The van der Waals surface area contributed by atoms with Crippen molar-refractivity contribution in [2.24, 2.45) is 5.41 Å². The van der Waals surface area contributed by atoms with Crippen molar-refractivity contribution in [3.63, 3.8) is 0 Å². The molecule has 184 valence electrons. The molecule has 1 unspecified atom stereocenters. The zero-order chi connectivity index (χ0) is 25.8. The van der Waals surface area contributed by atoms with E-state index < -0.39 is 13.0 Å². The van der Waals surface area contributed by atoms with Gasteiger partial charge in [-0.1, -0.05) is 77.3 Å². The molecule has 0 saturated carbocycles. The highest BCUT2D eigenvalue weighted by atomic mass is 16.4. The van der Waals surface area contributed by atoms with E-state index in [9.17, 15) is 19.6 Å². The largest absolute Gasteiger partial charge is 0.488 e.